The van der Waals surface area contributed by atoms with Gasteiger partial charge >= 0.3 is 0 Å². The smallest absolute Gasteiger partial charge is 0.107 e. The topological polar surface area (TPSA) is 44.0 Å². The Bertz CT molecular complexity index is 358. The van der Waals surface area contributed by atoms with Gasteiger partial charge in [0.15, 0.2) is 0 Å². The Morgan fingerprint density at radius 2 is 2.00 bits per heavy atom. The van der Waals surface area contributed by atoms with Crippen molar-refractivity contribution in [2.75, 3.05) is 0 Å². The van der Waals surface area contributed by atoms with Gasteiger partial charge in [-0.2, -0.15) is 5.26 Å². The normalized spacial score (nSPS) is 22.0. The van der Waals surface area contributed by atoms with Crippen LogP contribution in [0.2, 0.25) is 0 Å². The van der Waals surface area contributed by atoms with Crippen LogP contribution in [0.1, 0.15) is 49.5 Å². The van der Waals surface area contributed by atoms with E-state index in [0.717, 1.165) is 30.6 Å². The second-order valence-electron chi connectivity index (χ2n) is 4.60. The summed E-state index contributed by atoms with van der Waals surface area (Å²) in [4.78, 5) is 0.934. The van der Waals surface area contributed by atoms with Gasteiger partial charge in [-0.05, 0) is 24.3 Å². The molecule has 1 unspecified atom stereocenters. The van der Waals surface area contributed by atoms with Crippen molar-refractivity contribution in [1.82, 2.24) is 0 Å². The fourth-order valence-corrected chi connectivity index (χ4v) is 3.35. The first kappa shape index (κ1) is 11.6. The maximum Gasteiger partial charge on any atom is 0.107 e. The molecule has 1 fully saturated rings. The average Bonchev–Trinajstić information content (AvgIpc) is 2.73. The fourth-order valence-electron chi connectivity index (χ4n) is 2.53. The standard InChI is InChI=1S/C13H17NOS/c14-10-13(7-3-1-2-4-8-13)12(15)11-6-5-9-16-11/h5-6,9,12,15H,1-4,7-8H2. The van der Waals surface area contributed by atoms with Crippen LogP contribution in [0.5, 0.6) is 0 Å². The first-order valence-electron chi connectivity index (χ1n) is 5.91. The predicted octanol–water partition coefficient (Wildman–Crippen LogP) is 3.65. The molecule has 1 saturated carbocycles. The number of nitriles is 1. The summed E-state index contributed by atoms with van der Waals surface area (Å²) in [6.45, 7) is 0. The molecular formula is C13H17NOS. The van der Waals surface area contributed by atoms with Crippen molar-refractivity contribution in [1.29, 1.82) is 5.26 Å². The van der Waals surface area contributed by atoms with E-state index in [1.54, 1.807) is 11.3 Å². The zero-order chi connectivity index (χ0) is 11.4. The average molecular weight is 235 g/mol. The van der Waals surface area contributed by atoms with Crippen LogP contribution in [0.3, 0.4) is 0 Å². The van der Waals surface area contributed by atoms with Gasteiger partial charge < -0.3 is 5.11 Å². The second kappa shape index (κ2) is 4.99. The molecule has 0 aliphatic heterocycles. The molecule has 0 aromatic carbocycles. The number of hydrogen-bond acceptors (Lipinski definition) is 3. The third-order valence-electron chi connectivity index (χ3n) is 3.55. The molecule has 16 heavy (non-hydrogen) atoms. The Morgan fingerprint density at radius 1 is 1.31 bits per heavy atom. The summed E-state index contributed by atoms with van der Waals surface area (Å²) in [6.07, 6.45) is 5.59. The number of aliphatic hydroxyl groups is 1. The lowest BCUT2D eigenvalue weighted by molar-refractivity contribution is 0.0546. The number of thiophene rings is 1. The lowest BCUT2D eigenvalue weighted by atomic mass is 9.76. The summed E-state index contributed by atoms with van der Waals surface area (Å²) < 4.78 is 0. The highest BCUT2D eigenvalue weighted by molar-refractivity contribution is 7.10. The van der Waals surface area contributed by atoms with Gasteiger partial charge in [0.25, 0.3) is 0 Å². The Morgan fingerprint density at radius 3 is 2.50 bits per heavy atom. The summed E-state index contributed by atoms with van der Waals surface area (Å²) in [5, 5.41) is 21.8. The van der Waals surface area contributed by atoms with Gasteiger partial charge in [0.1, 0.15) is 6.10 Å². The highest BCUT2D eigenvalue weighted by Crippen LogP contribution is 2.45. The minimum absolute atomic E-state index is 0.540. The van der Waals surface area contributed by atoms with Gasteiger partial charge in [-0.25, -0.2) is 0 Å². The second-order valence-corrected chi connectivity index (χ2v) is 5.58. The van der Waals surface area contributed by atoms with Crippen molar-refractivity contribution in [2.24, 2.45) is 5.41 Å². The Hall–Kier alpha value is -0.850. The van der Waals surface area contributed by atoms with Crippen molar-refractivity contribution >= 4 is 11.3 Å². The van der Waals surface area contributed by atoms with E-state index >= 15 is 0 Å². The third-order valence-corrected chi connectivity index (χ3v) is 4.48. The summed E-state index contributed by atoms with van der Waals surface area (Å²) in [5.74, 6) is 0. The molecule has 0 amide bonds. The van der Waals surface area contributed by atoms with Crippen molar-refractivity contribution in [3.63, 3.8) is 0 Å². The van der Waals surface area contributed by atoms with Crippen molar-refractivity contribution < 1.29 is 5.11 Å². The van der Waals surface area contributed by atoms with E-state index in [1.165, 1.54) is 12.8 Å². The lowest BCUT2D eigenvalue weighted by Gasteiger charge is -2.29. The quantitative estimate of drug-likeness (QED) is 0.795. The first-order valence-corrected chi connectivity index (χ1v) is 6.79. The maximum absolute atomic E-state index is 10.4. The van der Waals surface area contributed by atoms with E-state index in [9.17, 15) is 10.4 Å². The van der Waals surface area contributed by atoms with Gasteiger partial charge in [0, 0.05) is 4.88 Å². The summed E-state index contributed by atoms with van der Waals surface area (Å²) >= 11 is 1.54. The van der Waals surface area contributed by atoms with Crippen LogP contribution in [-0.2, 0) is 0 Å². The maximum atomic E-state index is 10.4. The van der Waals surface area contributed by atoms with Gasteiger partial charge in [-0.3, -0.25) is 0 Å². The first-order chi connectivity index (χ1) is 7.78. The van der Waals surface area contributed by atoms with E-state index in [1.807, 2.05) is 17.5 Å². The van der Waals surface area contributed by atoms with Crippen LogP contribution in [0, 0.1) is 16.7 Å². The van der Waals surface area contributed by atoms with E-state index in [-0.39, 0.29) is 0 Å². The predicted molar refractivity (Wildman–Crippen MR) is 65.0 cm³/mol. The van der Waals surface area contributed by atoms with Crippen LogP contribution >= 0.6 is 11.3 Å². The number of nitrogens with zero attached hydrogens (tertiary/aromatic N) is 1. The van der Waals surface area contributed by atoms with E-state index < -0.39 is 11.5 Å². The van der Waals surface area contributed by atoms with Gasteiger partial charge in [0.2, 0.25) is 0 Å². The fraction of sp³-hybridized carbons (Fsp3) is 0.615. The molecule has 0 bridgehead atoms. The molecule has 1 N–H and O–H groups in total. The Labute approximate surface area is 101 Å². The summed E-state index contributed by atoms with van der Waals surface area (Å²) in [7, 11) is 0. The van der Waals surface area contributed by atoms with E-state index in [2.05, 4.69) is 6.07 Å². The molecule has 1 aliphatic rings. The monoisotopic (exact) mass is 235 g/mol. The molecule has 1 atom stereocenters. The largest absolute Gasteiger partial charge is 0.386 e. The van der Waals surface area contributed by atoms with Crippen molar-refractivity contribution in [2.45, 2.75) is 44.6 Å². The molecule has 2 nitrogen and oxygen atoms in total. The molecule has 1 heterocycles. The van der Waals surface area contributed by atoms with Gasteiger partial charge in [-0.1, -0.05) is 31.7 Å². The van der Waals surface area contributed by atoms with Gasteiger partial charge in [0.05, 0.1) is 11.5 Å². The molecular weight excluding hydrogens is 218 g/mol. The van der Waals surface area contributed by atoms with E-state index in [0.29, 0.717) is 0 Å². The number of rotatable bonds is 2. The van der Waals surface area contributed by atoms with Crippen LogP contribution in [0.4, 0.5) is 0 Å². The van der Waals surface area contributed by atoms with Gasteiger partial charge in [-0.15, -0.1) is 11.3 Å². The summed E-state index contributed by atoms with van der Waals surface area (Å²) in [5.41, 5.74) is -0.540. The lowest BCUT2D eigenvalue weighted by Crippen LogP contribution is -2.26. The van der Waals surface area contributed by atoms with Crippen LogP contribution < -0.4 is 0 Å². The molecule has 0 saturated heterocycles. The molecule has 3 heteroatoms. The highest BCUT2D eigenvalue weighted by atomic mass is 32.1. The van der Waals surface area contributed by atoms with Crippen LogP contribution in [0.25, 0.3) is 0 Å². The SMILES string of the molecule is N#CC1(C(O)c2cccs2)CCCCCC1. The molecule has 1 aromatic heterocycles. The Balaban J connectivity index is 2.23. The van der Waals surface area contributed by atoms with Crippen molar-refractivity contribution in [3.8, 4) is 6.07 Å². The minimum atomic E-state index is -0.601. The molecule has 0 radical (unpaired) electrons. The summed E-state index contributed by atoms with van der Waals surface area (Å²) in [6, 6.07) is 6.27. The van der Waals surface area contributed by atoms with Crippen LogP contribution in [0.15, 0.2) is 17.5 Å². The molecule has 1 aromatic rings. The number of aliphatic hydroxyl groups excluding tert-OH is 1. The Kier molecular flexibility index (Phi) is 3.63. The molecule has 0 spiro atoms. The highest BCUT2D eigenvalue weighted by Gasteiger charge is 2.39. The zero-order valence-corrected chi connectivity index (χ0v) is 10.2. The van der Waals surface area contributed by atoms with E-state index in [4.69, 9.17) is 0 Å². The van der Waals surface area contributed by atoms with Crippen LogP contribution in [-0.4, -0.2) is 5.11 Å². The minimum Gasteiger partial charge on any atom is -0.386 e. The zero-order valence-electron chi connectivity index (χ0n) is 9.35. The van der Waals surface area contributed by atoms with Crippen molar-refractivity contribution in [3.05, 3.63) is 22.4 Å². The molecule has 2 rings (SSSR count). The number of hydrogen-bond donors (Lipinski definition) is 1. The molecule has 1 aliphatic carbocycles. The molecule has 86 valence electrons. The third kappa shape index (κ3) is 2.14.